The van der Waals surface area contributed by atoms with Gasteiger partial charge in [0.2, 0.25) is 5.13 Å². The van der Waals surface area contributed by atoms with E-state index in [4.69, 9.17) is 11.6 Å². The van der Waals surface area contributed by atoms with Crippen molar-refractivity contribution < 1.29 is 4.79 Å². The lowest BCUT2D eigenvalue weighted by molar-refractivity contribution is 0.0954. The first-order valence-corrected chi connectivity index (χ1v) is 10.8. The fourth-order valence-electron chi connectivity index (χ4n) is 3.18. The van der Waals surface area contributed by atoms with Gasteiger partial charge < -0.3 is 5.32 Å². The normalized spacial score (nSPS) is 10.9. The fraction of sp³-hybridized carbons (Fsp3) is 0.182. The van der Waals surface area contributed by atoms with Crippen molar-refractivity contribution in [3.8, 4) is 5.13 Å². The minimum Gasteiger partial charge on any atom is -0.347 e. The third kappa shape index (κ3) is 4.60. The van der Waals surface area contributed by atoms with Crippen molar-refractivity contribution in [1.29, 1.82) is 0 Å². The van der Waals surface area contributed by atoms with Crippen LogP contribution in [0.4, 0.5) is 0 Å². The number of H-pyrrole nitrogens is 1. The number of aromatic nitrogens is 4. The second-order valence-corrected chi connectivity index (χ2v) is 8.53. The average molecular weight is 454 g/mol. The number of hydrogen-bond donors (Lipinski definition) is 2. The van der Waals surface area contributed by atoms with Crippen molar-refractivity contribution in [2.75, 3.05) is 0 Å². The van der Waals surface area contributed by atoms with Crippen LogP contribution in [0.5, 0.6) is 0 Å². The Kier molecular flexibility index (Phi) is 6.01. The number of pyridine rings is 1. The van der Waals surface area contributed by atoms with E-state index in [0.29, 0.717) is 39.3 Å². The predicted octanol–water partition coefficient (Wildman–Crippen LogP) is 3.81. The van der Waals surface area contributed by atoms with Crippen molar-refractivity contribution in [1.82, 2.24) is 25.1 Å². The Bertz CT molecular complexity index is 1280. The molecule has 0 atom stereocenters. The minimum absolute atomic E-state index is 0.177. The number of carbonyl (C=O) groups excluding carboxylic acids is 1. The Morgan fingerprint density at radius 1 is 1.19 bits per heavy atom. The molecule has 4 rings (SSSR count). The van der Waals surface area contributed by atoms with Gasteiger partial charge in [0.1, 0.15) is 4.88 Å². The van der Waals surface area contributed by atoms with Gasteiger partial charge in [0.25, 0.3) is 11.5 Å². The van der Waals surface area contributed by atoms with Crippen LogP contribution in [0.15, 0.2) is 53.6 Å². The second kappa shape index (κ2) is 8.87. The van der Waals surface area contributed by atoms with Gasteiger partial charge in [-0.25, -0.2) is 4.98 Å². The van der Waals surface area contributed by atoms with Crippen LogP contribution in [0.3, 0.4) is 0 Å². The third-order valence-electron chi connectivity index (χ3n) is 4.85. The Balaban J connectivity index is 1.56. The van der Waals surface area contributed by atoms with Gasteiger partial charge in [-0.1, -0.05) is 41.1 Å². The van der Waals surface area contributed by atoms with Crippen LogP contribution < -0.4 is 10.9 Å². The minimum atomic E-state index is -0.234. The lowest BCUT2D eigenvalue weighted by Gasteiger charge is -2.03. The molecule has 0 saturated heterocycles. The molecule has 0 aliphatic carbocycles. The molecule has 0 aliphatic rings. The van der Waals surface area contributed by atoms with Gasteiger partial charge in [0, 0.05) is 41.6 Å². The van der Waals surface area contributed by atoms with Gasteiger partial charge in [0.15, 0.2) is 0 Å². The number of halogens is 1. The van der Waals surface area contributed by atoms with E-state index in [1.165, 1.54) is 16.0 Å². The summed E-state index contributed by atoms with van der Waals surface area (Å²) in [6.07, 6.45) is 3.87. The molecule has 1 amide bonds. The molecule has 0 radical (unpaired) electrons. The van der Waals surface area contributed by atoms with Crippen LogP contribution in [0.25, 0.3) is 5.13 Å². The topological polar surface area (TPSA) is 92.7 Å². The first-order valence-electron chi connectivity index (χ1n) is 9.62. The van der Waals surface area contributed by atoms with E-state index in [2.05, 4.69) is 20.4 Å². The third-order valence-corrected chi connectivity index (χ3v) is 6.24. The van der Waals surface area contributed by atoms with Gasteiger partial charge in [-0.15, -0.1) is 0 Å². The molecule has 2 N–H and O–H groups in total. The number of thiazole rings is 1. The van der Waals surface area contributed by atoms with Crippen LogP contribution in [0, 0.1) is 13.8 Å². The molecule has 0 unspecified atom stereocenters. The highest BCUT2D eigenvalue weighted by atomic mass is 35.5. The number of nitrogens with zero attached hydrogens (tertiary/aromatic N) is 3. The molecule has 0 saturated carbocycles. The summed E-state index contributed by atoms with van der Waals surface area (Å²) in [5.41, 5.74) is 3.70. The van der Waals surface area contributed by atoms with E-state index in [1.807, 2.05) is 31.2 Å². The molecular weight excluding hydrogens is 434 g/mol. The van der Waals surface area contributed by atoms with Crippen LogP contribution in [-0.4, -0.2) is 25.7 Å². The summed E-state index contributed by atoms with van der Waals surface area (Å²) in [7, 11) is 0. The number of aryl methyl sites for hydroxylation is 2. The number of carbonyl (C=O) groups is 1. The predicted molar refractivity (Wildman–Crippen MR) is 121 cm³/mol. The van der Waals surface area contributed by atoms with Crippen LogP contribution in [0.2, 0.25) is 5.02 Å². The number of benzene rings is 1. The Morgan fingerprint density at radius 3 is 2.68 bits per heavy atom. The zero-order valence-electron chi connectivity index (χ0n) is 17.0. The second-order valence-electron chi connectivity index (χ2n) is 7.11. The molecular formula is C22H20ClN5O2S. The smallest absolute Gasteiger partial charge is 0.277 e. The Labute approximate surface area is 187 Å². The van der Waals surface area contributed by atoms with Gasteiger partial charge >= 0.3 is 0 Å². The Hall–Kier alpha value is -3.23. The summed E-state index contributed by atoms with van der Waals surface area (Å²) in [5.74, 6) is -0.234. The zero-order chi connectivity index (χ0) is 22.0. The molecule has 3 aromatic heterocycles. The van der Waals surface area contributed by atoms with E-state index in [0.717, 1.165) is 16.8 Å². The number of nitrogens with one attached hydrogen (secondary N) is 2. The number of amides is 1. The lowest BCUT2D eigenvalue weighted by Crippen LogP contribution is -2.22. The van der Waals surface area contributed by atoms with Crippen molar-refractivity contribution in [3.05, 3.63) is 97.1 Å². The summed E-state index contributed by atoms with van der Waals surface area (Å²) in [6.45, 7) is 3.98. The highest BCUT2D eigenvalue weighted by Crippen LogP contribution is 2.21. The molecule has 0 aliphatic heterocycles. The summed E-state index contributed by atoms with van der Waals surface area (Å²) in [4.78, 5) is 34.6. The highest BCUT2D eigenvalue weighted by Gasteiger charge is 2.20. The number of rotatable bonds is 6. The Morgan fingerprint density at radius 2 is 1.97 bits per heavy atom. The van der Waals surface area contributed by atoms with E-state index >= 15 is 0 Å². The number of aromatic amines is 1. The summed E-state index contributed by atoms with van der Waals surface area (Å²) >= 11 is 7.12. The van der Waals surface area contributed by atoms with Gasteiger partial charge in [-0.3, -0.25) is 19.7 Å². The lowest BCUT2D eigenvalue weighted by atomic mass is 10.1. The molecule has 1 aromatic carbocycles. The molecule has 0 bridgehead atoms. The maximum atomic E-state index is 13.0. The number of hydrogen-bond acceptors (Lipinski definition) is 5. The van der Waals surface area contributed by atoms with Crippen molar-refractivity contribution >= 4 is 28.8 Å². The van der Waals surface area contributed by atoms with E-state index in [1.54, 1.807) is 31.5 Å². The standard InChI is InChI=1S/C22H20ClN5O2S/c1-13-18(10-15-5-7-17(23)8-6-15)21(30)28(27-13)22-26-14(2)19(31-22)20(29)25-12-16-4-3-9-24-11-16/h3-9,11,27H,10,12H2,1-2H3,(H,25,29). The molecule has 31 heavy (non-hydrogen) atoms. The van der Waals surface area contributed by atoms with Crippen LogP contribution in [-0.2, 0) is 13.0 Å². The molecule has 0 spiro atoms. The molecule has 7 nitrogen and oxygen atoms in total. The summed E-state index contributed by atoms with van der Waals surface area (Å²) < 4.78 is 1.40. The van der Waals surface area contributed by atoms with Gasteiger partial charge in [-0.2, -0.15) is 4.68 Å². The van der Waals surface area contributed by atoms with Gasteiger partial charge in [0.05, 0.1) is 5.69 Å². The van der Waals surface area contributed by atoms with E-state index < -0.39 is 0 Å². The summed E-state index contributed by atoms with van der Waals surface area (Å²) in [6, 6.07) is 11.1. The summed E-state index contributed by atoms with van der Waals surface area (Å²) in [5, 5.41) is 7.04. The van der Waals surface area contributed by atoms with E-state index in [-0.39, 0.29) is 11.5 Å². The first-order chi connectivity index (χ1) is 14.9. The monoisotopic (exact) mass is 453 g/mol. The fourth-order valence-corrected chi connectivity index (χ4v) is 4.25. The van der Waals surface area contributed by atoms with Crippen LogP contribution in [0.1, 0.15) is 37.7 Å². The highest BCUT2D eigenvalue weighted by molar-refractivity contribution is 7.16. The average Bonchev–Trinajstić information content (AvgIpc) is 3.29. The maximum absolute atomic E-state index is 13.0. The molecule has 4 aromatic rings. The molecule has 3 heterocycles. The van der Waals surface area contributed by atoms with E-state index in [9.17, 15) is 9.59 Å². The van der Waals surface area contributed by atoms with Crippen LogP contribution >= 0.6 is 22.9 Å². The van der Waals surface area contributed by atoms with Crippen molar-refractivity contribution in [2.45, 2.75) is 26.8 Å². The first kappa shape index (κ1) is 21.0. The molecule has 0 fully saturated rings. The zero-order valence-corrected chi connectivity index (χ0v) is 18.5. The SMILES string of the molecule is Cc1nc(-n2[nH]c(C)c(Cc3ccc(Cl)cc3)c2=O)sc1C(=O)NCc1cccnc1. The van der Waals surface area contributed by atoms with Crippen molar-refractivity contribution in [3.63, 3.8) is 0 Å². The van der Waals surface area contributed by atoms with Crippen molar-refractivity contribution in [2.24, 2.45) is 0 Å². The molecule has 158 valence electrons. The quantitative estimate of drug-likeness (QED) is 0.464. The molecule has 9 heteroatoms. The maximum Gasteiger partial charge on any atom is 0.277 e. The largest absolute Gasteiger partial charge is 0.347 e. The van der Waals surface area contributed by atoms with Gasteiger partial charge in [-0.05, 0) is 43.2 Å².